The van der Waals surface area contributed by atoms with Gasteiger partial charge in [-0.1, -0.05) is 19.1 Å². The van der Waals surface area contributed by atoms with Crippen LogP contribution in [0.3, 0.4) is 0 Å². The molecule has 0 spiro atoms. The minimum absolute atomic E-state index is 0.259. The number of benzene rings is 1. The normalized spacial score (nSPS) is 14.0. The first-order valence-corrected chi connectivity index (χ1v) is 6.21. The van der Waals surface area contributed by atoms with E-state index < -0.39 is 0 Å². The highest BCUT2D eigenvalue weighted by Gasteiger charge is 2.15. The fourth-order valence-corrected chi connectivity index (χ4v) is 1.36. The average molecular weight is 253 g/mol. The molecule has 2 N–H and O–H groups in total. The van der Waals surface area contributed by atoms with Gasteiger partial charge < -0.3 is 19.9 Å². The van der Waals surface area contributed by atoms with Crippen molar-refractivity contribution < 1.29 is 14.2 Å². The standard InChI is InChI=1S/C14H23NO3/c1-4-14(2,15)11-17-9-10-18-13-8-6-5-7-12(13)16-3/h5-8H,4,9-11,15H2,1-3H3. The molecule has 0 heterocycles. The highest BCUT2D eigenvalue weighted by Crippen LogP contribution is 2.25. The summed E-state index contributed by atoms with van der Waals surface area (Å²) in [7, 11) is 1.62. The van der Waals surface area contributed by atoms with Crippen molar-refractivity contribution in [1.82, 2.24) is 0 Å². The quantitative estimate of drug-likeness (QED) is 0.722. The van der Waals surface area contributed by atoms with Crippen LogP contribution in [0.5, 0.6) is 11.5 Å². The summed E-state index contributed by atoms with van der Waals surface area (Å²) >= 11 is 0. The number of hydrogen-bond donors (Lipinski definition) is 1. The van der Waals surface area contributed by atoms with Crippen LogP contribution >= 0.6 is 0 Å². The molecule has 1 aromatic rings. The Kier molecular flexibility index (Phi) is 5.95. The van der Waals surface area contributed by atoms with Crippen LogP contribution in [0.4, 0.5) is 0 Å². The van der Waals surface area contributed by atoms with E-state index in [1.54, 1.807) is 7.11 Å². The maximum Gasteiger partial charge on any atom is 0.161 e. The van der Waals surface area contributed by atoms with Gasteiger partial charge in [-0.3, -0.25) is 0 Å². The SMILES string of the molecule is CCC(C)(N)COCCOc1ccccc1OC. The second-order valence-corrected chi connectivity index (χ2v) is 4.56. The molecule has 0 aromatic heterocycles. The van der Waals surface area contributed by atoms with E-state index >= 15 is 0 Å². The van der Waals surface area contributed by atoms with E-state index in [-0.39, 0.29) is 5.54 Å². The Morgan fingerprint density at radius 3 is 2.44 bits per heavy atom. The fraction of sp³-hybridized carbons (Fsp3) is 0.571. The summed E-state index contributed by atoms with van der Waals surface area (Å²) in [6, 6.07) is 7.55. The van der Waals surface area contributed by atoms with Gasteiger partial charge in [0.1, 0.15) is 6.61 Å². The summed E-state index contributed by atoms with van der Waals surface area (Å²) in [4.78, 5) is 0. The largest absolute Gasteiger partial charge is 0.493 e. The summed E-state index contributed by atoms with van der Waals surface area (Å²) in [6.07, 6.45) is 0.889. The first-order chi connectivity index (χ1) is 8.59. The van der Waals surface area contributed by atoms with E-state index in [2.05, 4.69) is 6.92 Å². The third-order valence-corrected chi connectivity index (χ3v) is 2.79. The topological polar surface area (TPSA) is 53.7 Å². The van der Waals surface area contributed by atoms with Crippen molar-refractivity contribution >= 4 is 0 Å². The molecule has 1 rings (SSSR count). The second-order valence-electron chi connectivity index (χ2n) is 4.56. The Hall–Kier alpha value is -1.26. The van der Waals surface area contributed by atoms with Crippen molar-refractivity contribution in [3.8, 4) is 11.5 Å². The zero-order valence-electron chi connectivity index (χ0n) is 11.4. The highest BCUT2D eigenvalue weighted by atomic mass is 16.5. The van der Waals surface area contributed by atoms with E-state index in [0.717, 1.165) is 17.9 Å². The zero-order valence-corrected chi connectivity index (χ0v) is 11.4. The molecule has 0 fully saturated rings. The van der Waals surface area contributed by atoms with Gasteiger partial charge in [-0.25, -0.2) is 0 Å². The molecular weight excluding hydrogens is 230 g/mol. The third-order valence-electron chi connectivity index (χ3n) is 2.79. The van der Waals surface area contributed by atoms with Gasteiger partial charge in [-0.05, 0) is 25.5 Å². The summed E-state index contributed by atoms with van der Waals surface area (Å²) in [5.41, 5.74) is 5.71. The van der Waals surface area contributed by atoms with E-state index in [0.29, 0.717) is 19.8 Å². The predicted octanol–water partition coefficient (Wildman–Crippen LogP) is 2.22. The molecule has 18 heavy (non-hydrogen) atoms. The Labute approximate surface area is 109 Å². The number of hydrogen-bond acceptors (Lipinski definition) is 4. The van der Waals surface area contributed by atoms with Crippen molar-refractivity contribution in [2.45, 2.75) is 25.8 Å². The molecule has 4 nitrogen and oxygen atoms in total. The van der Waals surface area contributed by atoms with Crippen molar-refractivity contribution in [2.24, 2.45) is 5.73 Å². The van der Waals surface area contributed by atoms with E-state index in [4.69, 9.17) is 19.9 Å². The van der Waals surface area contributed by atoms with Crippen LogP contribution in [-0.4, -0.2) is 32.5 Å². The second kappa shape index (κ2) is 7.24. The van der Waals surface area contributed by atoms with Crippen LogP contribution in [0.15, 0.2) is 24.3 Å². The summed E-state index contributed by atoms with van der Waals surface area (Å²) in [5, 5.41) is 0. The van der Waals surface area contributed by atoms with Crippen molar-refractivity contribution in [3.05, 3.63) is 24.3 Å². The van der Waals surface area contributed by atoms with E-state index in [9.17, 15) is 0 Å². The molecule has 0 aliphatic carbocycles. The van der Waals surface area contributed by atoms with Gasteiger partial charge in [-0.15, -0.1) is 0 Å². The van der Waals surface area contributed by atoms with Gasteiger partial charge in [-0.2, -0.15) is 0 Å². The molecule has 0 saturated heterocycles. The van der Waals surface area contributed by atoms with Crippen LogP contribution in [0.1, 0.15) is 20.3 Å². The molecule has 1 unspecified atom stereocenters. The highest BCUT2D eigenvalue weighted by molar-refractivity contribution is 5.39. The summed E-state index contributed by atoms with van der Waals surface area (Å²) in [5.74, 6) is 1.46. The van der Waals surface area contributed by atoms with Crippen LogP contribution in [0.2, 0.25) is 0 Å². The molecule has 0 bridgehead atoms. The van der Waals surface area contributed by atoms with Gasteiger partial charge in [0, 0.05) is 5.54 Å². The van der Waals surface area contributed by atoms with Gasteiger partial charge in [0.15, 0.2) is 11.5 Å². The number of nitrogens with two attached hydrogens (primary N) is 1. The Balaban J connectivity index is 2.26. The smallest absolute Gasteiger partial charge is 0.161 e. The fourth-order valence-electron chi connectivity index (χ4n) is 1.36. The van der Waals surface area contributed by atoms with E-state index in [1.165, 1.54) is 0 Å². The maximum absolute atomic E-state index is 5.97. The number of para-hydroxylation sites is 2. The molecule has 0 saturated carbocycles. The Bertz CT molecular complexity index is 353. The molecule has 0 amide bonds. The molecular formula is C14H23NO3. The van der Waals surface area contributed by atoms with Gasteiger partial charge in [0.2, 0.25) is 0 Å². The molecule has 0 aliphatic rings. The lowest BCUT2D eigenvalue weighted by Gasteiger charge is -2.22. The first-order valence-electron chi connectivity index (χ1n) is 6.21. The van der Waals surface area contributed by atoms with Crippen LogP contribution < -0.4 is 15.2 Å². The maximum atomic E-state index is 5.97. The predicted molar refractivity (Wildman–Crippen MR) is 72.2 cm³/mol. The summed E-state index contributed by atoms with van der Waals surface area (Å²) in [6.45, 7) is 5.58. The third kappa shape index (κ3) is 4.94. The number of methoxy groups -OCH3 is 1. The molecule has 0 radical (unpaired) electrons. The average Bonchev–Trinajstić information content (AvgIpc) is 2.38. The van der Waals surface area contributed by atoms with Gasteiger partial charge in [0.25, 0.3) is 0 Å². The monoisotopic (exact) mass is 253 g/mol. The lowest BCUT2D eigenvalue weighted by atomic mass is 10.0. The minimum Gasteiger partial charge on any atom is -0.493 e. The zero-order chi connectivity index (χ0) is 13.4. The van der Waals surface area contributed by atoms with Crippen molar-refractivity contribution in [3.63, 3.8) is 0 Å². The summed E-state index contributed by atoms with van der Waals surface area (Å²) < 4.78 is 16.3. The molecule has 4 heteroatoms. The molecule has 1 atom stereocenters. The number of ether oxygens (including phenoxy) is 3. The van der Waals surface area contributed by atoms with Crippen LogP contribution in [0.25, 0.3) is 0 Å². The van der Waals surface area contributed by atoms with Gasteiger partial charge >= 0.3 is 0 Å². The lowest BCUT2D eigenvalue weighted by Crippen LogP contribution is -2.40. The van der Waals surface area contributed by atoms with Crippen LogP contribution in [0, 0.1) is 0 Å². The Morgan fingerprint density at radius 1 is 1.17 bits per heavy atom. The lowest BCUT2D eigenvalue weighted by molar-refractivity contribution is 0.0659. The molecule has 1 aromatic carbocycles. The molecule has 102 valence electrons. The van der Waals surface area contributed by atoms with Crippen molar-refractivity contribution in [1.29, 1.82) is 0 Å². The number of rotatable bonds is 8. The Morgan fingerprint density at radius 2 is 1.83 bits per heavy atom. The minimum atomic E-state index is -0.259. The van der Waals surface area contributed by atoms with E-state index in [1.807, 2.05) is 31.2 Å². The van der Waals surface area contributed by atoms with Crippen molar-refractivity contribution in [2.75, 3.05) is 26.9 Å². The molecule has 0 aliphatic heterocycles. The van der Waals surface area contributed by atoms with Crippen LogP contribution in [-0.2, 0) is 4.74 Å². The first kappa shape index (κ1) is 14.8. The van der Waals surface area contributed by atoms with Gasteiger partial charge in [0.05, 0.1) is 20.3 Å².